The van der Waals surface area contributed by atoms with Gasteiger partial charge >= 0.3 is 6.09 Å². The van der Waals surface area contributed by atoms with Gasteiger partial charge in [-0.15, -0.1) is 0 Å². The Morgan fingerprint density at radius 3 is 2.65 bits per heavy atom. The highest BCUT2D eigenvalue weighted by Crippen LogP contribution is 2.43. The summed E-state index contributed by atoms with van der Waals surface area (Å²) in [6.45, 7) is 6.46. The van der Waals surface area contributed by atoms with E-state index in [0.29, 0.717) is 18.8 Å². The van der Waals surface area contributed by atoms with Crippen LogP contribution in [0.4, 0.5) is 16.3 Å². The fourth-order valence-electron chi connectivity index (χ4n) is 5.72. The van der Waals surface area contributed by atoms with Gasteiger partial charge in [-0.25, -0.2) is 9.78 Å². The number of carbonyl (C=O) groups is 2. The Morgan fingerprint density at radius 1 is 1.26 bits per heavy atom. The van der Waals surface area contributed by atoms with Gasteiger partial charge < -0.3 is 20.0 Å². The maximum Gasteiger partial charge on any atom is 0.411 e. The number of pyridine rings is 1. The highest BCUT2D eigenvalue weighted by atomic mass is 16.4. The molecule has 31 heavy (non-hydrogen) atoms. The molecule has 4 rings (SSSR count). The van der Waals surface area contributed by atoms with Gasteiger partial charge in [-0.2, -0.15) is 0 Å². The first-order chi connectivity index (χ1) is 14.8. The molecule has 1 saturated carbocycles. The van der Waals surface area contributed by atoms with Gasteiger partial charge in [0.2, 0.25) is 5.91 Å². The van der Waals surface area contributed by atoms with Crippen molar-refractivity contribution in [2.24, 2.45) is 5.41 Å². The van der Waals surface area contributed by atoms with E-state index in [9.17, 15) is 19.8 Å². The van der Waals surface area contributed by atoms with Crippen molar-refractivity contribution in [1.82, 2.24) is 9.88 Å². The lowest BCUT2D eigenvalue weighted by Crippen LogP contribution is -2.50. The van der Waals surface area contributed by atoms with Crippen LogP contribution in [0.5, 0.6) is 0 Å². The topological polar surface area (TPSA) is 97.2 Å². The number of anilines is 2. The van der Waals surface area contributed by atoms with Crippen LogP contribution in [-0.4, -0.2) is 70.4 Å². The van der Waals surface area contributed by atoms with Crippen molar-refractivity contribution in [3.63, 3.8) is 0 Å². The third-order valence-corrected chi connectivity index (χ3v) is 7.42. The molecule has 3 aliphatic rings. The van der Waals surface area contributed by atoms with Crippen LogP contribution in [0, 0.1) is 12.3 Å². The molecule has 0 bridgehead atoms. The molecule has 8 heteroatoms. The first-order valence-electron chi connectivity index (χ1n) is 11.6. The average molecular weight is 431 g/mol. The summed E-state index contributed by atoms with van der Waals surface area (Å²) >= 11 is 0. The van der Waals surface area contributed by atoms with Crippen LogP contribution in [-0.2, 0) is 4.79 Å². The number of carboxylic acid groups (broad SMARTS) is 1. The Kier molecular flexibility index (Phi) is 6.10. The summed E-state index contributed by atoms with van der Waals surface area (Å²) in [7, 11) is 0. The number of aryl methyl sites for hydroxylation is 1. The lowest BCUT2D eigenvalue weighted by atomic mass is 9.78. The van der Waals surface area contributed by atoms with Crippen LogP contribution in [0.3, 0.4) is 0 Å². The van der Waals surface area contributed by atoms with E-state index < -0.39 is 6.09 Å². The smallest absolute Gasteiger partial charge is 0.411 e. The predicted molar refractivity (Wildman–Crippen MR) is 118 cm³/mol. The molecule has 2 saturated heterocycles. The molecule has 2 aliphatic heterocycles. The number of hydrogen-bond acceptors (Lipinski definition) is 5. The van der Waals surface area contributed by atoms with E-state index in [1.54, 1.807) is 13.1 Å². The zero-order chi connectivity index (χ0) is 22.2. The van der Waals surface area contributed by atoms with Gasteiger partial charge in [0.1, 0.15) is 5.82 Å². The summed E-state index contributed by atoms with van der Waals surface area (Å²) < 4.78 is 0. The molecule has 1 aromatic rings. The molecule has 1 unspecified atom stereocenters. The summed E-state index contributed by atoms with van der Waals surface area (Å²) in [5.74, 6) is 1.12. The molecule has 8 nitrogen and oxygen atoms in total. The number of rotatable bonds is 4. The Labute approximate surface area is 183 Å². The Bertz CT molecular complexity index is 839. The van der Waals surface area contributed by atoms with Crippen molar-refractivity contribution < 1.29 is 19.8 Å². The van der Waals surface area contributed by atoms with Crippen molar-refractivity contribution in [2.45, 2.75) is 70.9 Å². The first-order valence-corrected chi connectivity index (χ1v) is 11.6. The SMILES string of the molecule is CCN(C(=O)O)c1cnc(N2CCCC3(CCN([C@H]4CC[C@H](O)CC4)C3=O)C2)c(C)c1. The van der Waals surface area contributed by atoms with Gasteiger partial charge in [0, 0.05) is 32.2 Å². The molecule has 1 atom stereocenters. The molecule has 3 heterocycles. The molecule has 3 fully saturated rings. The average Bonchev–Trinajstić information content (AvgIpc) is 3.04. The van der Waals surface area contributed by atoms with Crippen LogP contribution < -0.4 is 9.80 Å². The van der Waals surface area contributed by atoms with Crippen molar-refractivity contribution in [3.8, 4) is 0 Å². The largest absolute Gasteiger partial charge is 0.465 e. The van der Waals surface area contributed by atoms with E-state index in [0.717, 1.165) is 69.4 Å². The lowest BCUT2D eigenvalue weighted by molar-refractivity contribution is -0.139. The second-order valence-electron chi connectivity index (χ2n) is 9.38. The number of hydrogen-bond donors (Lipinski definition) is 2. The Hall–Kier alpha value is -2.35. The molecule has 0 radical (unpaired) electrons. The van der Waals surface area contributed by atoms with E-state index in [2.05, 4.69) is 14.8 Å². The maximum absolute atomic E-state index is 13.5. The highest BCUT2D eigenvalue weighted by Gasteiger charge is 2.50. The highest BCUT2D eigenvalue weighted by molar-refractivity contribution is 5.87. The summed E-state index contributed by atoms with van der Waals surface area (Å²) in [5.41, 5.74) is 1.15. The minimum Gasteiger partial charge on any atom is -0.465 e. The van der Waals surface area contributed by atoms with Crippen LogP contribution >= 0.6 is 0 Å². The summed E-state index contributed by atoms with van der Waals surface area (Å²) in [6.07, 6.45) is 6.52. The van der Waals surface area contributed by atoms with Crippen LogP contribution in [0.2, 0.25) is 0 Å². The maximum atomic E-state index is 13.5. The van der Waals surface area contributed by atoms with Gasteiger partial charge in [0.15, 0.2) is 0 Å². The van der Waals surface area contributed by atoms with Gasteiger partial charge in [-0.3, -0.25) is 9.69 Å². The molecule has 170 valence electrons. The molecular weight excluding hydrogens is 396 g/mol. The second kappa shape index (κ2) is 8.65. The molecular formula is C23H34N4O4. The monoisotopic (exact) mass is 430 g/mol. The molecule has 1 spiro atoms. The number of amides is 2. The molecule has 0 aromatic carbocycles. The van der Waals surface area contributed by atoms with E-state index in [4.69, 9.17) is 0 Å². The number of carbonyl (C=O) groups excluding carboxylic acids is 1. The summed E-state index contributed by atoms with van der Waals surface area (Å²) in [4.78, 5) is 35.2. The van der Waals surface area contributed by atoms with Crippen molar-refractivity contribution in [2.75, 3.05) is 36.0 Å². The number of nitrogens with zero attached hydrogens (tertiary/aromatic N) is 4. The fourth-order valence-corrected chi connectivity index (χ4v) is 5.72. The predicted octanol–water partition coefficient (Wildman–Crippen LogP) is 3.02. The second-order valence-corrected chi connectivity index (χ2v) is 9.38. The van der Waals surface area contributed by atoms with E-state index in [1.165, 1.54) is 4.90 Å². The minimum absolute atomic E-state index is 0.213. The van der Waals surface area contributed by atoms with Gasteiger partial charge in [-0.05, 0) is 70.4 Å². The number of likely N-dealkylation sites (tertiary alicyclic amines) is 1. The molecule has 1 aliphatic carbocycles. The normalized spacial score (nSPS) is 28.9. The van der Waals surface area contributed by atoms with Crippen molar-refractivity contribution >= 4 is 23.5 Å². The van der Waals surface area contributed by atoms with Gasteiger partial charge in [-0.1, -0.05) is 0 Å². The Morgan fingerprint density at radius 2 is 2.00 bits per heavy atom. The van der Waals surface area contributed by atoms with Crippen molar-refractivity contribution in [3.05, 3.63) is 17.8 Å². The van der Waals surface area contributed by atoms with E-state index in [1.807, 2.05) is 13.0 Å². The zero-order valence-electron chi connectivity index (χ0n) is 18.6. The fraction of sp³-hybridized carbons (Fsp3) is 0.696. The lowest BCUT2D eigenvalue weighted by Gasteiger charge is -2.41. The summed E-state index contributed by atoms with van der Waals surface area (Å²) in [5, 5.41) is 19.2. The quantitative estimate of drug-likeness (QED) is 0.762. The van der Waals surface area contributed by atoms with Crippen LogP contribution in [0.25, 0.3) is 0 Å². The zero-order valence-corrected chi connectivity index (χ0v) is 18.6. The first kappa shape index (κ1) is 21.9. The third-order valence-electron chi connectivity index (χ3n) is 7.42. The number of piperidine rings is 1. The number of aromatic nitrogens is 1. The van der Waals surface area contributed by atoms with E-state index in [-0.39, 0.29) is 23.5 Å². The number of aliphatic hydroxyl groups excluding tert-OH is 1. The standard InChI is InChI=1S/C23H34N4O4/c1-3-26(22(30)31)18-13-16(2)20(24-14-18)25-11-4-9-23(15-25)10-12-27(21(23)29)17-5-7-19(28)8-6-17/h13-14,17,19,28H,3-12,15H2,1-2H3,(H,30,31)/t17-,19-,23?. The minimum atomic E-state index is -0.986. The Balaban J connectivity index is 1.50. The third kappa shape index (κ3) is 4.10. The van der Waals surface area contributed by atoms with Crippen LogP contribution in [0.1, 0.15) is 57.4 Å². The van der Waals surface area contributed by atoms with Crippen LogP contribution in [0.15, 0.2) is 12.3 Å². The van der Waals surface area contributed by atoms with Crippen molar-refractivity contribution in [1.29, 1.82) is 0 Å². The van der Waals surface area contributed by atoms with E-state index >= 15 is 0 Å². The van der Waals surface area contributed by atoms with Gasteiger partial charge in [0.25, 0.3) is 0 Å². The molecule has 1 aromatic heterocycles. The number of aliphatic hydroxyl groups is 1. The molecule has 2 amide bonds. The van der Waals surface area contributed by atoms with Gasteiger partial charge in [0.05, 0.1) is 23.4 Å². The summed E-state index contributed by atoms with van der Waals surface area (Å²) in [6, 6.07) is 2.14. The molecule has 2 N–H and O–H groups in total.